The minimum Gasteiger partial charge on any atom is -0.354 e. The van der Waals surface area contributed by atoms with Crippen molar-refractivity contribution in [2.75, 3.05) is 13.1 Å². The van der Waals surface area contributed by atoms with Gasteiger partial charge in [0.1, 0.15) is 5.65 Å². The topological polar surface area (TPSA) is 58.4 Å². The van der Waals surface area contributed by atoms with Crippen LogP contribution in [0.5, 0.6) is 0 Å². The Balaban J connectivity index is 0.00000110. The van der Waals surface area contributed by atoms with Crippen LogP contribution in [0.4, 0.5) is 0 Å². The molecule has 0 saturated carbocycles. The molecule has 1 amide bonds. The molecule has 0 bridgehead atoms. The Bertz CT molecular complexity index is 548. The molecule has 1 atom stereocenters. The van der Waals surface area contributed by atoms with Gasteiger partial charge in [-0.25, -0.2) is 4.98 Å². The standard InChI is InChI=1S/C14H18N4O.2ClH/c19-14(16-9-11-4-3-6-15-11)8-12-10-18-7-2-1-5-13(18)17-12;;/h1-2,5,7,10-11,15H,3-4,6,8-9H2,(H,16,19);2*1H. The summed E-state index contributed by atoms with van der Waals surface area (Å²) in [4.78, 5) is 16.3. The van der Waals surface area contributed by atoms with Crippen LogP contribution in [-0.4, -0.2) is 34.4 Å². The molecular formula is C14H20Cl2N4O. The summed E-state index contributed by atoms with van der Waals surface area (Å²) in [5.74, 6) is 0.0390. The highest BCUT2D eigenvalue weighted by atomic mass is 35.5. The molecule has 0 spiro atoms. The number of carbonyl (C=O) groups excluding carboxylic acids is 1. The van der Waals surface area contributed by atoms with Gasteiger partial charge in [0.2, 0.25) is 5.91 Å². The molecule has 1 aliphatic rings. The maximum Gasteiger partial charge on any atom is 0.226 e. The third-order valence-corrected chi connectivity index (χ3v) is 3.46. The number of carbonyl (C=O) groups is 1. The second kappa shape index (κ2) is 8.22. The molecule has 0 aromatic carbocycles. The van der Waals surface area contributed by atoms with Gasteiger partial charge in [0.25, 0.3) is 0 Å². The molecule has 7 heteroatoms. The Hall–Kier alpha value is -1.30. The fraction of sp³-hybridized carbons (Fsp3) is 0.429. The minimum atomic E-state index is 0. The Morgan fingerprint density at radius 1 is 1.43 bits per heavy atom. The number of nitrogens with one attached hydrogen (secondary N) is 2. The number of aromatic nitrogens is 2. The fourth-order valence-electron chi connectivity index (χ4n) is 2.47. The Kier molecular flexibility index (Phi) is 6.95. The van der Waals surface area contributed by atoms with Crippen molar-refractivity contribution in [3.63, 3.8) is 0 Å². The molecule has 0 aliphatic carbocycles. The summed E-state index contributed by atoms with van der Waals surface area (Å²) in [6, 6.07) is 6.26. The van der Waals surface area contributed by atoms with Gasteiger partial charge >= 0.3 is 0 Å². The quantitative estimate of drug-likeness (QED) is 0.895. The smallest absolute Gasteiger partial charge is 0.226 e. The second-order valence-corrected chi connectivity index (χ2v) is 4.97. The van der Waals surface area contributed by atoms with Crippen LogP contribution in [0.3, 0.4) is 0 Å². The molecule has 1 fully saturated rings. The number of halogens is 2. The first-order chi connectivity index (χ1) is 9.31. The van der Waals surface area contributed by atoms with Crippen LogP contribution in [0, 0.1) is 0 Å². The van der Waals surface area contributed by atoms with Crippen LogP contribution >= 0.6 is 24.8 Å². The van der Waals surface area contributed by atoms with E-state index in [0.29, 0.717) is 19.0 Å². The van der Waals surface area contributed by atoms with Crippen LogP contribution in [0.2, 0.25) is 0 Å². The highest BCUT2D eigenvalue weighted by Gasteiger charge is 2.15. The molecular weight excluding hydrogens is 311 g/mol. The molecule has 1 unspecified atom stereocenters. The largest absolute Gasteiger partial charge is 0.354 e. The van der Waals surface area contributed by atoms with Gasteiger partial charge in [0.05, 0.1) is 12.1 Å². The van der Waals surface area contributed by atoms with Crippen LogP contribution < -0.4 is 10.6 Å². The zero-order valence-electron chi connectivity index (χ0n) is 11.6. The molecule has 2 N–H and O–H groups in total. The van der Waals surface area contributed by atoms with Gasteiger partial charge in [-0.1, -0.05) is 6.07 Å². The highest BCUT2D eigenvalue weighted by molar-refractivity contribution is 5.85. The molecule has 5 nitrogen and oxygen atoms in total. The third-order valence-electron chi connectivity index (χ3n) is 3.46. The number of amides is 1. The average molecular weight is 331 g/mol. The van der Waals surface area contributed by atoms with Gasteiger partial charge < -0.3 is 15.0 Å². The van der Waals surface area contributed by atoms with Crippen molar-refractivity contribution in [3.8, 4) is 0 Å². The zero-order chi connectivity index (χ0) is 13.1. The van der Waals surface area contributed by atoms with Crippen molar-refractivity contribution in [1.29, 1.82) is 0 Å². The lowest BCUT2D eigenvalue weighted by molar-refractivity contribution is -0.120. The highest BCUT2D eigenvalue weighted by Crippen LogP contribution is 2.06. The van der Waals surface area contributed by atoms with Crippen molar-refractivity contribution in [2.45, 2.75) is 25.3 Å². The van der Waals surface area contributed by atoms with E-state index in [1.54, 1.807) is 0 Å². The molecule has 2 aromatic heterocycles. The van der Waals surface area contributed by atoms with Crippen LogP contribution in [0.15, 0.2) is 30.6 Å². The Morgan fingerprint density at radius 3 is 3.00 bits per heavy atom. The van der Waals surface area contributed by atoms with Crippen molar-refractivity contribution < 1.29 is 4.79 Å². The van der Waals surface area contributed by atoms with Gasteiger partial charge in [-0.2, -0.15) is 0 Å². The van der Waals surface area contributed by atoms with Crippen molar-refractivity contribution >= 4 is 36.4 Å². The lowest BCUT2D eigenvalue weighted by atomic mass is 10.2. The molecule has 1 aliphatic heterocycles. The number of hydrogen-bond acceptors (Lipinski definition) is 3. The SMILES string of the molecule is Cl.Cl.O=C(Cc1cn2ccccc2n1)NCC1CCCN1. The summed E-state index contributed by atoms with van der Waals surface area (Å²) in [5.41, 5.74) is 1.69. The van der Waals surface area contributed by atoms with Crippen LogP contribution in [0.25, 0.3) is 5.65 Å². The minimum absolute atomic E-state index is 0. The second-order valence-electron chi connectivity index (χ2n) is 4.97. The summed E-state index contributed by atoms with van der Waals surface area (Å²) in [6.07, 6.45) is 6.53. The third kappa shape index (κ3) is 4.59. The zero-order valence-corrected chi connectivity index (χ0v) is 13.3. The van der Waals surface area contributed by atoms with Crippen molar-refractivity contribution in [2.24, 2.45) is 0 Å². The van der Waals surface area contributed by atoms with Gasteiger partial charge in [0.15, 0.2) is 0 Å². The average Bonchev–Trinajstić information content (AvgIpc) is 3.04. The number of hydrogen-bond donors (Lipinski definition) is 2. The summed E-state index contributed by atoms with van der Waals surface area (Å²) in [6.45, 7) is 1.78. The number of pyridine rings is 1. The first kappa shape index (κ1) is 17.8. The summed E-state index contributed by atoms with van der Waals surface area (Å²) in [7, 11) is 0. The van der Waals surface area contributed by atoms with E-state index < -0.39 is 0 Å². The van der Waals surface area contributed by atoms with E-state index in [0.717, 1.165) is 24.3 Å². The van der Waals surface area contributed by atoms with Gasteiger partial charge in [-0.3, -0.25) is 4.79 Å². The van der Waals surface area contributed by atoms with E-state index >= 15 is 0 Å². The Labute approximate surface area is 136 Å². The first-order valence-corrected chi connectivity index (χ1v) is 6.74. The molecule has 21 heavy (non-hydrogen) atoms. The van der Waals surface area contributed by atoms with E-state index in [-0.39, 0.29) is 30.7 Å². The van der Waals surface area contributed by atoms with Gasteiger partial charge in [-0.05, 0) is 31.5 Å². The predicted molar refractivity (Wildman–Crippen MR) is 87.4 cm³/mol. The maximum absolute atomic E-state index is 11.9. The molecule has 116 valence electrons. The predicted octanol–water partition coefficient (Wildman–Crippen LogP) is 1.59. The van der Waals surface area contributed by atoms with Crippen molar-refractivity contribution in [1.82, 2.24) is 20.0 Å². The van der Waals surface area contributed by atoms with E-state index in [1.165, 1.54) is 6.42 Å². The monoisotopic (exact) mass is 330 g/mol. The summed E-state index contributed by atoms with van der Waals surface area (Å²) >= 11 is 0. The summed E-state index contributed by atoms with van der Waals surface area (Å²) in [5, 5.41) is 6.33. The lowest BCUT2D eigenvalue weighted by Gasteiger charge is -2.10. The summed E-state index contributed by atoms with van der Waals surface area (Å²) < 4.78 is 1.93. The molecule has 1 saturated heterocycles. The molecule has 3 heterocycles. The molecule has 2 aromatic rings. The van der Waals surface area contributed by atoms with E-state index in [4.69, 9.17) is 0 Å². The normalized spacial score (nSPS) is 17.0. The molecule has 0 radical (unpaired) electrons. The van der Waals surface area contributed by atoms with Gasteiger partial charge in [-0.15, -0.1) is 24.8 Å². The van der Waals surface area contributed by atoms with Gasteiger partial charge in [0, 0.05) is 25.0 Å². The fourth-order valence-corrected chi connectivity index (χ4v) is 2.47. The van der Waals surface area contributed by atoms with Crippen LogP contribution in [-0.2, 0) is 11.2 Å². The molecule has 3 rings (SSSR count). The van der Waals surface area contributed by atoms with E-state index in [2.05, 4.69) is 15.6 Å². The van der Waals surface area contributed by atoms with E-state index in [9.17, 15) is 4.79 Å². The number of rotatable bonds is 4. The maximum atomic E-state index is 11.9. The number of nitrogens with zero attached hydrogens (tertiary/aromatic N) is 2. The van der Waals surface area contributed by atoms with E-state index in [1.807, 2.05) is 35.0 Å². The number of fused-ring (bicyclic) bond motifs is 1. The first-order valence-electron chi connectivity index (χ1n) is 6.74. The number of imidazole rings is 1. The lowest BCUT2D eigenvalue weighted by Crippen LogP contribution is -2.37. The van der Waals surface area contributed by atoms with Crippen molar-refractivity contribution in [3.05, 3.63) is 36.3 Å². The Morgan fingerprint density at radius 2 is 2.29 bits per heavy atom. The van der Waals surface area contributed by atoms with Crippen LogP contribution in [0.1, 0.15) is 18.5 Å².